The first kappa shape index (κ1) is 37.3. The maximum Gasteiger partial charge on any atom is 2.00 e. The summed E-state index contributed by atoms with van der Waals surface area (Å²) in [5, 5.41) is 2.91. The molecule has 3 amide bonds. The van der Waals surface area contributed by atoms with Gasteiger partial charge in [-0.3, -0.25) is 25.6 Å². The molecule has 0 saturated heterocycles. The summed E-state index contributed by atoms with van der Waals surface area (Å²) in [4.78, 5) is 46.8. The van der Waals surface area contributed by atoms with E-state index in [0.717, 1.165) is 4.90 Å². The predicted molar refractivity (Wildman–Crippen MR) is 121 cm³/mol. The number of imide groups is 1. The fourth-order valence-electron chi connectivity index (χ4n) is 2.40. The van der Waals surface area contributed by atoms with Crippen molar-refractivity contribution < 1.29 is 45.0 Å². The summed E-state index contributed by atoms with van der Waals surface area (Å²) in [6.45, 7) is 15.8. The predicted octanol–water partition coefficient (Wildman–Crippen LogP) is 3.85. The maximum atomic E-state index is 12.2. The van der Waals surface area contributed by atoms with Gasteiger partial charge in [0.15, 0.2) is 0 Å². The van der Waals surface area contributed by atoms with Gasteiger partial charge in [-0.2, -0.15) is 0 Å². The van der Waals surface area contributed by atoms with E-state index in [1.807, 2.05) is 54.8 Å². The molecule has 0 rings (SSSR count). The first-order valence-electron chi connectivity index (χ1n) is 10.5. The van der Waals surface area contributed by atoms with Gasteiger partial charge in [0.2, 0.25) is 18.2 Å². The van der Waals surface area contributed by atoms with Gasteiger partial charge in [-0.05, 0) is 47.0 Å². The molecule has 7 nitrogen and oxygen atoms in total. The van der Waals surface area contributed by atoms with Crippen LogP contribution in [0.4, 0.5) is 0 Å². The molecule has 0 aromatic rings. The van der Waals surface area contributed by atoms with Crippen LogP contribution in [0, 0.1) is 13.3 Å². The van der Waals surface area contributed by atoms with E-state index in [-0.39, 0.29) is 59.2 Å². The van der Waals surface area contributed by atoms with Crippen LogP contribution in [0.5, 0.6) is 0 Å². The van der Waals surface area contributed by atoms with Crippen molar-refractivity contribution in [2.45, 2.75) is 98.6 Å². The van der Waals surface area contributed by atoms with E-state index in [1.54, 1.807) is 6.92 Å². The first-order chi connectivity index (χ1) is 13.5. The summed E-state index contributed by atoms with van der Waals surface area (Å²) in [5.41, 5.74) is -0.908. The van der Waals surface area contributed by atoms with Crippen LogP contribution in [0.2, 0.25) is 0 Å². The summed E-state index contributed by atoms with van der Waals surface area (Å²) >= 11 is 0. The van der Waals surface area contributed by atoms with Crippen molar-refractivity contribution in [1.82, 2.24) is 10.2 Å². The summed E-state index contributed by atoms with van der Waals surface area (Å²) < 4.78 is 5.81. The van der Waals surface area contributed by atoms with Crippen molar-refractivity contribution in [3.8, 4) is 0 Å². The zero-order chi connectivity index (χ0) is 23.1. The molecule has 0 aliphatic heterocycles. The topological polar surface area (TPSA) is 92.8 Å². The average molecular weight is 612 g/mol. The Morgan fingerprint density at radius 3 is 2.16 bits per heavy atom. The third kappa shape index (κ3) is 18.2. The van der Waals surface area contributed by atoms with Crippen molar-refractivity contribution in [3.63, 3.8) is 0 Å². The molecule has 0 saturated carbocycles. The summed E-state index contributed by atoms with van der Waals surface area (Å²) in [6, 6.07) is 0. The van der Waals surface area contributed by atoms with Crippen LogP contribution in [-0.2, 0) is 45.0 Å². The minimum atomic E-state index is -0.489. The number of nitrogens with one attached hydrogen (secondary N) is 1. The van der Waals surface area contributed by atoms with Crippen molar-refractivity contribution in [3.05, 3.63) is 7.43 Å². The number of amides is 3. The van der Waals surface area contributed by atoms with Gasteiger partial charge in [0.1, 0.15) is 0 Å². The molecule has 0 radical (unpaired) electrons. The molecular weight excluding hydrogens is 568 g/mol. The minimum absolute atomic E-state index is 0. The van der Waals surface area contributed by atoms with Crippen molar-refractivity contribution >= 4 is 24.5 Å². The number of ether oxygens (including phenoxy) is 1. The van der Waals surface area contributed by atoms with E-state index in [9.17, 15) is 19.2 Å². The van der Waals surface area contributed by atoms with E-state index in [0.29, 0.717) is 38.7 Å². The second-order valence-corrected chi connectivity index (χ2v) is 8.13. The van der Waals surface area contributed by atoms with Crippen LogP contribution in [0.15, 0.2) is 0 Å². The third-order valence-electron chi connectivity index (χ3n) is 4.55. The van der Waals surface area contributed by atoms with Crippen molar-refractivity contribution in [1.29, 1.82) is 0 Å². The second-order valence-electron chi connectivity index (χ2n) is 8.13. The van der Waals surface area contributed by atoms with Crippen LogP contribution in [-0.4, -0.2) is 53.7 Å². The van der Waals surface area contributed by atoms with Gasteiger partial charge in [-0.15, -0.1) is 6.42 Å². The Kier molecular flexibility index (Phi) is 23.6. The molecule has 0 fully saturated rings. The Balaban J connectivity index is -0.000000882. The molecular formula is C23H44N2O5W. The monoisotopic (exact) mass is 612 g/mol. The van der Waals surface area contributed by atoms with Crippen LogP contribution in [0.1, 0.15) is 87.5 Å². The number of hydrogen-bond acceptors (Lipinski definition) is 5. The molecule has 182 valence electrons. The van der Waals surface area contributed by atoms with Gasteiger partial charge in [-0.1, -0.05) is 27.7 Å². The first-order valence-corrected chi connectivity index (χ1v) is 10.5. The Bertz CT molecular complexity index is 510. The van der Waals surface area contributed by atoms with E-state index in [2.05, 4.69) is 5.32 Å². The standard InChI is InChI=1S/C20H35N2O5.C2H6.CH3.W/c1-7-16(2)18(26)22(15-24)12-9-17(25)21-19(3,4)11-14-27-20(5,6)10-8-13-23;1-2;;/h15-16H,7-12,14H2,1-6H3,(H,21,25);1-2H3;1H3;/q-1;;-1;+2. The molecule has 1 unspecified atom stereocenters. The number of carbonyl (C=O) groups excluding carboxylic acids is 4. The zero-order valence-electron chi connectivity index (χ0n) is 21.0. The fourth-order valence-corrected chi connectivity index (χ4v) is 2.40. The molecule has 0 aromatic heterocycles. The largest absolute Gasteiger partial charge is 2.00 e. The fraction of sp³-hybridized carbons (Fsp3) is 0.783. The molecule has 8 heteroatoms. The quantitative estimate of drug-likeness (QED) is 0.238. The SMILES string of the molecule is CC.CCC(C)C(=O)N(C=O)CCC(=O)NC(C)(C)CCOC(C)(C)CC[C-]=O.[CH3-].[W+2]. The van der Waals surface area contributed by atoms with Gasteiger partial charge in [-0.25, -0.2) is 0 Å². The van der Waals surface area contributed by atoms with Crippen LogP contribution in [0.3, 0.4) is 0 Å². The summed E-state index contributed by atoms with van der Waals surface area (Å²) in [6.07, 6.45) is 4.57. The normalized spacial score (nSPS) is 11.5. The van der Waals surface area contributed by atoms with Crippen molar-refractivity contribution in [2.24, 2.45) is 5.92 Å². The van der Waals surface area contributed by atoms with Crippen LogP contribution in [0.25, 0.3) is 0 Å². The zero-order valence-corrected chi connectivity index (χ0v) is 23.9. The molecule has 0 aromatic carbocycles. The Hall–Kier alpha value is -1.07. The molecule has 31 heavy (non-hydrogen) atoms. The molecule has 0 heterocycles. The van der Waals surface area contributed by atoms with E-state index >= 15 is 0 Å². The van der Waals surface area contributed by atoms with Gasteiger partial charge >= 0.3 is 21.1 Å². The van der Waals surface area contributed by atoms with Crippen molar-refractivity contribution in [2.75, 3.05) is 13.2 Å². The maximum absolute atomic E-state index is 12.2. The van der Waals surface area contributed by atoms with Gasteiger partial charge in [0.25, 0.3) is 0 Å². The van der Waals surface area contributed by atoms with E-state index in [4.69, 9.17) is 4.74 Å². The molecule has 1 N–H and O–H groups in total. The van der Waals surface area contributed by atoms with Gasteiger partial charge < -0.3 is 22.3 Å². The van der Waals surface area contributed by atoms with E-state index < -0.39 is 11.1 Å². The Morgan fingerprint density at radius 1 is 1.16 bits per heavy atom. The van der Waals surface area contributed by atoms with Gasteiger partial charge in [0, 0.05) is 31.0 Å². The summed E-state index contributed by atoms with van der Waals surface area (Å²) in [5.74, 6) is -0.728. The van der Waals surface area contributed by atoms with E-state index in [1.165, 1.54) is 0 Å². The number of rotatable bonds is 14. The van der Waals surface area contributed by atoms with Crippen LogP contribution >= 0.6 is 0 Å². The molecule has 1 atom stereocenters. The number of nitrogens with zero attached hydrogens (tertiary/aromatic N) is 1. The second kappa shape index (κ2) is 19.6. The Labute approximate surface area is 204 Å². The molecule has 0 bridgehead atoms. The minimum Gasteiger partial charge on any atom is -0.542 e. The molecule has 0 aliphatic rings. The smallest absolute Gasteiger partial charge is 0.542 e. The number of hydrogen-bond donors (Lipinski definition) is 1. The molecule has 0 spiro atoms. The average Bonchev–Trinajstić information content (AvgIpc) is 2.66. The number of carbonyl (C=O) groups is 3. The molecule has 0 aliphatic carbocycles. The van der Waals surface area contributed by atoms with Crippen LogP contribution < -0.4 is 5.32 Å². The Morgan fingerprint density at radius 2 is 1.71 bits per heavy atom. The third-order valence-corrected chi connectivity index (χ3v) is 4.55. The summed E-state index contributed by atoms with van der Waals surface area (Å²) in [7, 11) is 0. The van der Waals surface area contributed by atoms with Gasteiger partial charge in [0.05, 0.1) is 5.60 Å².